The Labute approximate surface area is 118 Å². The largest absolute Gasteiger partial charge is 0.416 e. The Morgan fingerprint density at radius 1 is 1.15 bits per heavy atom. The van der Waals surface area contributed by atoms with E-state index in [1.807, 2.05) is 13.8 Å². The smallest absolute Gasteiger partial charge is 0.396 e. The molecule has 0 fully saturated rings. The highest BCUT2D eigenvalue weighted by molar-refractivity contribution is 5.53. The molecule has 0 atom stereocenters. The summed E-state index contributed by atoms with van der Waals surface area (Å²) in [6, 6.07) is 3.67. The van der Waals surface area contributed by atoms with Crippen LogP contribution in [0.25, 0.3) is 0 Å². The van der Waals surface area contributed by atoms with E-state index < -0.39 is 11.7 Å². The van der Waals surface area contributed by atoms with Crippen LogP contribution in [-0.2, 0) is 6.18 Å². The quantitative estimate of drug-likeness (QED) is 0.821. The fourth-order valence-corrected chi connectivity index (χ4v) is 2.05. The number of halogens is 3. The molecule has 0 amide bonds. The second-order valence-electron chi connectivity index (χ2n) is 5.25. The normalized spacial score (nSPS) is 12.6. The van der Waals surface area contributed by atoms with E-state index >= 15 is 0 Å². The number of aliphatic hydroxyl groups is 1. The van der Waals surface area contributed by atoms with Crippen molar-refractivity contribution in [2.45, 2.75) is 39.8 Å². The van der Waals surface area contributed by atoms with E-state index in [9.17, 15) is 18.3 Å². The first-order chi connectivity index (χ1) is 9.28. The van der Waals surface area contributed by atoms with Crippen LogP contribution in [0.15, 0.2) is 18.2 Å². The highest BCUT2D eigenvalue weighted by Gasteiger charge is 2.31. The van der Waals surface area contributed by atoms with Crippen molar-refractivity contribution in [3.63, 3.8) is 0 Å². The molecule has 1 aromatic rings. The van der Waals surface area contributed by atoms with Gasteiger partial charge in [-0.25, -0.2) is 0 Å². The summed E-state index contributed by atoms with van der Waals surface area (Å²) in [5, 5.41) is 12.5. The maximum Gasteiger partial charge on any atom is 0.416 e. The molecule has 0 bridgehead atoms. The molecular weight excluding hydrogens is 267 g/mol. The van der Waals surface area contributed by atoms with Gasteiger partial charge in [-0.1, -0.05) is 19.9 Å². The Hall–Kier alpha value is -1.23. The first-order valence-electron chi connectivity index (χ1n) is 6.80. The van der Waals surface area contributed by atoms with Crippen molar-refractivity contribution in [1.82, 2.24) is 0 Å². The summed E-state index contributed by atoms with van der Waals surface area (Å²) in [6.07, 6.45) is -2.80. The number of aryl methyl sites for hydroxylation is 1. The minimum atomic E-state index is -4.34. The molecule has 0 aliphatic heterocycles. The molecular formula is C15H22F3NO. The fourth-order valence-electron chi connectivity index (χ4n) is 2.05. The lowest BCUT2D eigenvalue weighted by atomic mass is 9.83. The van der Waals surface area contributed by atoms with Crippen molar-refractivity contribution in [2.75, 3.05) is 18.5 Å². The monoisotopic (exact) mass is 289 g/mol. The zero-order chi connectivity index (χ0) is 15.4. The van der Waals surface area contributed by atoms with Gasteiger partial charge < -0.3 is 10.4 Å². The van der Waals surface area contributed by atoms with Gasteiger partial charge in [0.1, 0.15) is 0 Å². The van der Waals surface area contributed by atoms with Crippen LogP contribution in [-0.4, -0.2) is 18.3 Å². The molecule has 0 aromatic heterocycles. The summed E-state index contributed by atoms with van der Waals surface area (Å²) in [5.74, 6) is 0. The molecule has 1 rings (SSSR count). The number of hydrogen-bond acceptors (Lipinski definition) is 2. The Kier molecular flexibility index (Phi) is 5.45. The van der Waals surface area contributed by atoms with Crippen LogP contribution in [0.5, 0.6) is 0 Å². The minimum Gasteiger partial charge on any atom is -0.396 e. The van der Waals surface area contributed by atoms with Crippen molar-refractivity contribution in [2.24, 2.45) is 5.41 Å². The Bertz CT molecular complexity index is 431. The van der Waals surface area contributed by atoms with Crippen molar-refractivity contribution < 1.29 is 18.3 Å². The summed E-state index contributed by atoms with van der Waals surface area (Å²) < 4.78 is 38.1. The molecule has 0 spiro atoms. The van der Waals surface area contributed by atoms with Gasteiger partial charge in [0, 0.05) is 17.6 Å². The average molecular weight is 289 g/mol. The highest BCUT2D eigenvalue weighted by Crippen LogP contribution is 2.33. The van der Waals surface area contributed by atoms with E-state index in [1.54, 1.807) is 6.92 Å². The second-order valence-corrected chi connectivity index (χ2v) is 5.25. The number of hydrogen-bond donors (Lipinski definition) is 2. The number of nitrogens with one attached hydrogen (secondary N) is 1. The van der Waals surface area contributed by atoms with Crippen molar-refractivity contribution in [3.05, 3.63) is 29.3 Å². The molecule has 0 saturated heterocycles. The molecule has 5 heteroatoms. The third kappa shape index (κ3) is 3.88. The molecule has 0 radical (unpaired) electrons. The number of benzene rings is 1. The van der Waals surface area contributed by atoms with Gasteiger partial charge in [-0.2, -0.15) is 13.2 Å². The molecule has 1 aromatic carbocycles. The van der Waals surface area contributed by atoms with Crippen LogP contribution in [0.3, 0.4) is 0 Å². The van der Waals surface area contributed by atoms with Crippen LogP contribution in [0, 0.1) is 12.3 Å². The van der Waals surface area contributed by atoms with Crippen molar-refractivity contribution in [1.29, 1.82) is 0 Å². The lowest BCUT2D eigenvalue weighted by Crippen LogP contribution is -2.32. The maximum absolute atomic E-state index is 12.7. The molecule has 0 heterocycles. The number of aliphatic hydroxyl groups excluding tert-OH is 1. The van der Waals surface area contributed by atoms with Crippen LogP contribution in [0.1, 0.15) is 37.8 Å². The zero-order valence-electron chi connectivity index (χ0n) is 12.1. The lowest BCUT2D eigenvalue weighted by Gasteiger charge is -2.30. The van der Waals surface area contributed by atoms with Gasteiger partial charge in [-0.05, 0) is 37.5 Å². The fraction of sp³-hybridized carbons (Fsp3) is 0.600. The van der Waals surface area contributed by atoms with E-state index in [-0.39, 0.29) is 12.0 Å². The molecule has 0 saturated carbocycles. The number of anilines is 1. The van der Waals surface area contributed by atoms with Gasteiger partial charge in [-0.3, -0.25) is 0 Å². The Balaban J connectivity index is 2.92. The molecule has 20 heavy (non-hydrogen) atoms. The van der Waals surface area contributed by atoms with E-state index in [0.29, 0.717) is 12.2 Å². The zero-order valence-corrected chi connectivity index (χ0v) is 12.1. The molecule has 0 aliphatic rings. The molecule has 2 N–H and O–H groups in total. The topological polar surface area (TPSA) is 32.3 Å². The maximum atomic E-state index is 12.7. The summed E-state index contributed by atoms with van der Waals surface area (Å²) in [4.78, 5) is 0. The van der Waals surface area contributed by atoms with Crippen LogP contribution in [0.4, 0.5) is 18.9 Å². The predicted octanol–water partition coefficient (Wildman–Crippen LogP) is 4.22. The van der Waals surface area contributed by atoms with Gasteiger partial charge in [0.2, 0.25) is 0 Å². The SMILES string of the molecule is CCC(CC)(CO)CNc1cc(C(F)(F)F)ccc1C. The summed E-state index contributed by atoms with van der Waals surface area (Å²) in [7, 11) is 0. The van der Waals surface area contributed by atoms with E-state index in [4.69, 9.17) is 0 Å². The first-order valence-corrected chi connectivity index (χ1v) is 6.80. The van der Waals surface area contributed by atoms with Gasteiger partial charge in [0.15, 0.2) is 0 Å². The first kappa shape index (κ1) is 16.8. The lowest BCUT2D eigenvalue weighted by molar-refractivity contribution is -0.137. The third-order valence-corrected chi connectivity index (χ3v) is 4.05. The van der Waals surface area contributed by atoms with Crippen molar-refractivity contribution >= 4 is 5.69 Å². The van der Waals surface area contributed by atoms with E-state index in [1.165, 1.54) is 6.07 Å². The van der Waals surface area contributed by atoms with E-state index in [2.05, 4.69) is 5.32 Å². The van der Waals surface area contributed by atoms with Gasteiger partial charge in [0.05, 0.1) is 12.2 Å². The van der Waals surface area contributed by atoms with Crippen LogP contribution in [0.2, 0.25) is 0 Å². The van der Waals surface area contributed by atoms with E-state index in [0.717, 1.165) is 30.5 Å². The summed E-state index contributed by atoms with van der Waals surface area (Å²) in [6.45, 7) is 6.19. The summed E-state index contributed by atoms with van der Waals surface area (Å²) in [5.41, 5.74) is 0.283. The molecule has 0 aliphatic carbocycles. The highest BCUT2D eigenvalue weighted by atomic mass is 19.4. The molecule has 2 nitrogen and oxygen atoms in total. The Morgan fingerprint density at radius 3 is 2.20 bits per heavy atom. The standard InChI is InChI=1S/C15H22F3NO/c1-4-14(5-2,10-20)9-19-13-8-12(15(16,17)18)7-6-11(13)3/h6-8,19-20H,4-5,9-10H2,1-3H3. The minimum absolute atomic E-state index is 0.0189. The summed E-state index contributed by atoms with van der Waals surface area (Å²) >= 11 is 0. The van der Waals surface area contributed by atoms with Crippen molar-refractivity contribution in [3.8, 4) is 0 Å². The van der Waals surface area contributed by atoms with Gasteiger partial charge in [-0.15, -0.1) is 0 Å². The van der Waals surface area contributed by atoms with Crippen LogP contribution < -0.4 is 5.32 Å². The molecule has 114 valence electrons. The van der Waals surface area contributed by atoms with Gasteiger partial charge in [0.25, 0.3) is 0 Å². The average Bonchev–Trinajstić information content (AvgIpc) is 2.41. The third-order valence-electron chi connectivity index (χ3n) is 4.05. The van der Waals surface area contributed by atoms with Crippen LogP contribution >= 0.6 is 0 Å². The number of alkyl halides is 3. The predicted molar refractivity (Wildman–Crippen MR) is 74.8 cm³/mol. The second kappa shape index (κ2) is 6.48. The number of rotatable bonds is 6. The van der Waals surface area contributed by atoms with Gasteiger partial charge >= 0.3 is 6.18 Å². The Morgan fingerprint density at radius 2 is 1.75 bits per heavy atom. The molecule has 0 unspecified atom stereocenters.